The molecule has 3 heteroatoms. The zero-order valence-corrected chi connectivity index (χ0v) is 15.1. The van der Waals surface area contributed by atoms with Crippen LogP contribution >= 0.6 is 22.7 Å². The van der Waals surface area contributed by atoms with Crippen LogP contribution in [-0.4, -0.2) is 5.78 Å². The Kier molecular flexibility index (Phi) is 4.35. The smallest absolute Gasteiger partial charge is 0.183 e. The van der Waals surface area contributed by atoms with Gasteiger partial charge in [0.15, 0.2) is 5.78 Å². The molecule has 0 saturated carbocycles. The Morgan fingerprint density at radius 1 is 0.640 bits per heavy atom. The molecule has 0 atom stereocenters. The number of carbonyl (C=O) groups is 1. The highest BCUT2D eigenvalue weighted by molar-refractivity contribution is 7.12. The maximum Gasteiger partial charge on any atom is 0.183 e. The number of carbonyl (C=O) groups excluding carboxylic acids is 1. The molecule has 25 heavy (non-hydrogen) atoms. The van der Waals surface area contributed by atoms with Gasteiger partial charge in [-0.3, -0.25) is 4.79 Å². The van der Waals surface area contributed by atoms with E-state index in [1.807, 2.05) is 71.4 Å². The lowest BCUT2D eigenvalue weighted by molar-refractivity contribution is 0.0938. The summed E-state index contributed by atoms with van der Waals surface area (Å²) in [5.41, 5.74) is 0.937. The van der Waals surface area contributed by atoms with Crippen molar-refractivity contribution in [1.29, 1.82) is 0 Å². The molecule has 0 aliphatic heterocycles. The van der Waals surface area contributed by atoms with Gasteiger partial charge in [-0.1, -0.05) is 72.8 Å². The van der Waals surface area contributed by atoms with Crippen LogP contribution in [0.5, 0.6) is 0 Å². The van der Waals surface area contributed by atoms with Crippen molar-refractivity contribution >= 4 is 28.5 Å². The van der Waals surface area contributed by atoms with Gasteiger partial charge >= 0.3 is 0 Å². The lowest BCUT2D eigenvalue weighted by Gasteiger charge is -2.31. The largest absolute Gasteiger partial charge is 0.292 e. The van der Waals surface area contributed by atoms with E-state index < -0.39 is 5.41 Å². The summed E-state index contributed by atoms with van der Waals surface area (Å²) < 4.78 is 0. The van der Waals surface area contributed by atoms with Crippen molar-refractivity contribution in [3.8, 4) is 0 Å². The first-order chi connectivity index (χ1) is 12.3. The minimum atomic E-state index is -0.801. The molecule has 0 aliphatic rings. The third-order valence-electron chi connectivity index (χ3n) is 4.36. The number of ketones is 1. The molecule has 0 fully saturated rings. The molecule has 2 aromatic carbocycles. The molecule has 0 N–H and O–H groups in total. The molecular formula is C22H16OS2. The Hall–Kier alpha value is -2.49. The highest BCUT2D eigenvalue weighted by Crippen LogP contribution is 2.45. The number of Topliss-reactive ketones (excluding diaryl/α,β-unsaturated/α-hetero) is 1. The Labute approximate surface area is 155 Å². The van der Waals surface area contributed by atoms with Crippen LogP contribution in [0.2, 0.25) is 0 Å². The van der Waals surface area contributed by atoms with Gasteiger partial charge in [0, 0.05) is 15.3 Å². The van der Waals surface area contributed by atoms with Crippen molar-refractivity contribution in [3.63, 3.8) is 0 Å². The molecule has 0 unspecified atom stereocenters. The van der Waals surface area contributed by atoms with Gasteiger partial charge in [0.05, 0.1) is 0 Å². The second-order valence-electron chi connectivity index (χ2n) is 5.77. The molecule has 0 spiro atoms. The molecule has 4 aromatic rings. The summed E-state index contributed by atoms with van der Waals surface area (Å²) in [6.45, 7) is 0. The fraction of sp³-hybridized carbons (Fsp3) is 0.0455. The SMILES string of the molecule is O=C(c1ccccc1)C(c1ccccc1)(c1cccs1)c1cccs1. The van der Waals surface area contributed by atoms with Crippen molar-refractivity contribution in [2.45, 2.75) is 5.41 Å². The summed E-state index contributed by atoms with van der Waals surface area (Å²) in [6.07, 6.45) is 0. The topological polar surface area (TPSA) is 17.1 Å². The lowest BCUT2D eigenvalue weighted by Crippen LogP contribution is -2.37. The normalized spacial score (nSPS) is 11.4. The molecular weight excluding hydrogens is 344 g/mol. The zero-order chi connectivity index (χ0) is 17.1. The number of hydrogen-bond donors (Lipinski definition) is 0. The van der Waals surface area contributed by atoms with Gasteiger partial charge in [0.1, 0.15) is 5.41 Å². The van der Waals surface area contributed by atoms with Crippen molar-refractivity contribution in [2.24, 2.45) is 0 Å². The highest BCUT2D eigenvalue weighted by Gasteiger charge is 2.45. The van der Waals surface area contributed by atoms with E-state index in [4.69, 9.17) is 0 Å². The molecule has 0 amide bonds. The van der Waals surface area contributed by atoms with E-state index in [-0.39, 0.29) is 5.78 Å². The van der Waals surface area contributed by atoms with E-state index in [2.05, 4.69) is 24.3 Å². The van der Waals surface area contributed by atoms with Crippen LogP contribution in [-0.2, 0) is 5.41 Å². The van der Waals surface area contributed by atoms with Crippen molar-refractivity contribution < 1.29 is 4.79 Å². The van der Waals surface area contributed by atoms with Gasteiger partial charge in [-0.2, -0.15) is 0 Å². The van der Waals surface area contributed by atoms with E-state index in [0.717, 1.165) is 20.9 Å². The minimum absolute atomic E-state index is 0.115. The van der Waals surface area contributed by atoms with Gasteiger partial charge in [-0.25, -0.2) is 0 Å². The van der Waals surface area contributed by atoms with Crippen LogP contribution in [0.3, 0.4) is 0 Å². The summed E-state index contributed by atoms with van der Waals surface area (Å²) in [5.74, 6) is 0.115. The maximum absolute atomic E-state index is 13.9. The molecule has 4 rings (SSSR count). The Morgan fingerprint density at radius 3 is 1.64 bits per heavy atom. The standard InChI is InChI=1S/C22H16OS2/c23-21(17-9-3-1-4-10-17)22(19-13-7-15-24-19,20-14-8-16-25-20)18-11-5-2-6-12-18/h1-16H. The van der Waals surface area contributed by atoms with Crippen molar-refractivity contribution in [1.82, 2.24) is 0 Å². The van der Waals surface area contributed by atoms with Gasteiger partial charge in [0.25, 0.3) is 0 Å². The molecule has 0 bridgehead atoms. The summed E-state index contributed by atoms with van der Waals surface area (Å²) in [7, 11) is 0. The number of hydrogen-bond acceptors (Lipinski definition) is 3. The molecule has 2 heterocycles. The van der Waals surface area contributed by atoms with Crippen LogP contribution in [0.4, 0.5) is 0 Å². The fourth-order valence-corrected chi connectivity index (χ4v) is 5.22. The van der Waals surface area contributed by atoms with E-state index in [1.54, 1.807) is 22.7 Å². The van der Waals surface area contributed by atoms with E-state index >= 15 is 0 Å². The first-order valence-electron chi connectivity index (χ1n) is 8.07. The summed E-state index contributed by atoms with van der Waals surface area (Å²) in [4.78, 5) is 16.0. The lowest BCUT2D eigenvalue weighted by atomic mass is 9.72. The predicted molar refractivity (Wildman–Crippen MR) is 106 cm³/mol. The fourth-order valence-electron chi connectivity index (χ4n) is 3.24. The quantitative estimate of drug-likeness (QED) is 0.397. The van der Waals surface area contributed by atoms with Gasteiger partial charge in [-0.15, -0.1) is 22.7 Å². The molecule has 1 nitrogen and oxygen atoms in total. The summed E-state index contributed by atoms with van der Waals surface area (Å²) >= 11 is 3.26. The second kappa shape index (κ2) is 6.79. The first kappa shape index (κ1) is 16.0. The zero-order valence-electron chi connectivity index (χ0n) is 13.5. The van der Waals surface area contributed by atoms with Crippen LogP contribution in [0.1, 0.15) is 25.7 Å². The second-order valence-corrected chi connectivity index (χ2v) is 7.66. The van der Waals surface area contributed by atoms with Crippen molar-refractivity contribution in [2.75, 3.05) is 0 Å². The van der Waals surface area contributed by atoms with E-state index in [0.29, 0.717) is 0 Å². The predicted octanol–water partition coefficient (Wildman–Crippen LogP) is 6.03. The van der Waals surface area contributed by atoms with Gasteiger partial charge in [0.2, 0.25) is 0 Å². The van der Waals surface area contributed by atoms with Gasteiger partial charge in [-0.05, 0) is 28.5 Å². The van der Waals surface area contributed by atoms with Crippen molar-refractivity contribution in [3.05, 3.63) is 117 Å². The van der Waals surface area contributed by atoms with Crippen LogP contribution in [0.15, 0.2) is 95.7 Å². The Balaban J connectivity index is 2.05. The third kappa shape index (κ3) is 2.66. The molecule has 0 aliphatic carbocycles. The Bertz CT molecular complexity index is 906. The summed E-state index contributed by atoms with van der Waals surface area (Å²) in [6, 6.07) is 27.9. The monoisotopic (exact) mass is 360 g/mol. The average Bonchev–Trinajstić information content (AvgIpc) is 3.39. The molecule has 0 radical (unpaired) electrons. The molecule has 2 aromatic heterocycles. The van der Waals surface area contributed by atoms with Crippen LogP contribution < -0.4 is 0 Å². The summed E-state index contributed by atoms with van der Waals surface area (Å²) in [5, 5.41) is 4.08. The molecule has 122 valence electrons. The number of benzene rings is 2. The first-order valence-corrected chi connectivity index (χ1v) is 9.83. The molecule has 0 saturated heterocycles. The van der Waals surface area contributed by atoms with Crippen LogP contribution in [0, 0.1) is 0 Å². The Morgan fingerprint density at radius 2 is 1.16 bits per heavy atom. The number of thiophene rings is 2. The van der Waals surface area contributed by atoms with Gasteiger partial charge < -0.3 is 0 Å². The minimum Gasteiger partial charge on any atom is -0.292 e. The number of rotatable bonds is 5. The van der Waals surface area contributed by atoms with E-state index in [1.165, 1.54) is 0 Å². The highest BCUT2D eigenvalue weighted by atomic mass is 32.1. The van der Waals surface area contributed by atoms with E-state index in [9.17, 15) is 4.79 Å². The average molecular weight is 361 g/mol. The maximum atomic E-state index is 13.9. The van der Waals surface area contributed by atoms with Crippen LogP contribution in [0.25, 0.3) is 0 Å². The third-order valence-corrected chi connectivity index (χ3v) is 6.34.